The van der Waals surface area contributed by atoms with Crippen molar-refractivity contribution >= 4 is 27.6 Å². The van der Waals surface area contributed by atoms with E-state index in [1.807, 2.05) is 0 Å². The highest BCUT2D eigenvalue weighted by Crippen LogP contribution is 2.19. The largest absolute Gasteiger partial charge is 0.479 e. The molecule has 1 amide bonds. The minimum atomic E-state index is -3.94. The van der Waals surface area contributed by atoms with E-state index in [0.29, 0.717) is 5.56 Å². The molecular weight excluding hydrogens is 379 g/mol. The summed E-state index contributed by atoms with van der Waals surface area (Å²) in [5, 5.41) is 7.48. The van der Waals surface area contributed by atoms with Gasteiger partial charge in [0.15, 0.2) is 24.8 Å². The summed E-state index contributed by atoms with van der Waals surface area (Å²) in [5.74, 6) is -2.32. The summed E-state index contributed by atoms with van der Waals surface area (Å²) in [4.78, 5) is 23.3. The average molecular weight is 396 g/mol. The van der Waals surface area contributed by atoms with Gasteiger partial charge in [0, 0.05) is 5.69 Å². The molecule has 2 aromatic carbocycles. The van der Waals surface area contributed by atoms with E-state index in [4.69, 9.17) is 14.6 Å². The zero-order valence-electron chi connectivity index (χ0n) is 14.3. The first-order valence-electron chi connectivity index (χ1n) is 7.63. The molecular formula is C17H17FN2O6S. The number of benzene rings is 2. The molecule has 0 aliphatic carbocycles. The Bertz CT molecular complexity index is 962. The number of esters is 1. The Hall–Kier alpha value is -2.98. The first-order chi connectivity index (χ1) is 12.7. The van der Waals surface area contributed by atoms with Crippen LogP contribution in [0, 0.1) is 12.7 Å². The first-order valence-corrected chi connectivity index (χ1v) is 9.17. The highest BCUT2D eigenvalue weighted by atomic mass is 32.2. The SMILES string of the molecule is Cc1ccc(NC(=O)COC(=O)COc2ccccc2F)cc1S(N)(=O)=O. The number of carbonyl (C=O) groups is 2. The number of aryl methyl sites for hydroxylation is 1. The van der Waals surface area contributed by atoms with E-state index >= 15 is 0 Å². The van der Waals surface area contributed by atoms with Crippen LogP contribution in [0.2, 0.25) is 0 Å². The molecule has 27 heavy (non-hydrogen) atoms. The van der Waals surface area contributed by atoms with Crippen LogP contribution < -0.4 is 15.2 Å². The van der Waals surface area contributed by atoms with Crippen LogP contribution in [0.25, 0.3) is 0 Å². The maximum atomic E-state index is 13.3. The smallest absolute Gasteiger partial charge is 0.344 e. The van der Waals surface area contributed by atoms with Crippen LogP contribution in [-0.2, 0) is 24.3 Å². The molecule has 0 aromatic heterocycles. The number of para-hydroxylation sites is 1. The maximum Gasteiger partial charge on any atom is 0.344 e. The number of carbonyl (C=O) groups excluding carboxylic acids is 2. The van der Waals surface area contributed by atoms with Gasteiger partial charge in [0.05, 0.1) is 4.90 Å². The van der Waals surface area contributed by atoms with Crippen molar-refractivity contribution in [2.24, 2.45) is 5.14 Å². The Kier molecular flexibility index (Phi) is 6.48. The highest BCUT2D eigenvalue weighted by molar-refractivity contribution is 7.89. The zero-order valence-corrected chi connectivity index (χ0v) is 15.1. The topological polar surface area (TPSA) is 125 Å². The predicted molar refractivity (Wildman–Crippen MR) is 94.0 cm³/mol. The van der Waals surface area contributed by atoms with E-state index in [-0.39, 0.29) is 16.3 Å². The number of primary sulfonamides is 1. The van der Waals surface area contributed by atoms with Crippen molar-refractivity contribution in [3.8, 4) is 5.75 Å². The van der Waals surface area contributed by atoms with Gasteiger partial charge < -0.3 is 14.8 Å². The summed E-state index contributed by atoms with van der Waals surface area (Å²) in [5.41, 5.74) is 0.598. The first kappa shape index (κ1) is 20.3. The molecule has 2 rings (SSSR count). The Balaban J connectivity index is 1.86. The molecule has 0 unspecified atom stereocenters. The van der Waals surface area contributed by atoms with Crippen molar-refractivity contribution in [3.05, 3.63) is 53.8 Å². The second kappa shape index (κ2) is 8.60. The van der Waals surface area contributed by atoms with Gasteiger partial charge >= 0.3 is 5.97 Å². The van der Waals surface area contributed by atoms with E-state index in [2.05, 4.69) is 5.32 Å². The number of hydrogen-bond donors (Lipinski definition) is 2. The molecule has 0 bridgehead atoms. The molecule has 0 saturated carbocycles. The minimum Gasteiger partial charge on any atom is -0.479 e. The average Bonchev–Trinajstić information content (AvgIpc) is 2.60. The molecule has 3 N–H and O–H groups in total. The van der Waals surface area contributed by atoms with Gasteiger partial charge in [-0.2, -0.15) is 0 Å². The zero-order chi connectivity index (χ0) is 20.0. The molecule has 0 spiro atoms. The van der Waals surface area contributed by atoms with E-state index in [1.54, 1.807) is 6.92 Å². The third-order valence-corrected chi connectivity index (χ3v) is 4.38. The van der Waals surface area contributed by atoms with Crippen molar-refractivity contribution in [1.29, 1.82) is 0 Å². The van der Waals surface area contributed by atoms with Crippen molar-refractivity contribution in [3.63, 3.8) is 0 Å². The van der Waals surface area contributed by atoms with Crippen LogP contribution in [-0.4, -0.2) is 33.5 Å². The fourth-order valence-electron chi connectivity index (χ4n) is 2.07. The normalized spacial score (nSPS) is 10.9. The van der Waals surface area contributed by atoms with Crippen LogP contribution in [0.5, 0.6) is 5.75 Å². The lowest BCUT2D eigenvalue weighted by molar-refractivity contribution is -0.149. The van der Waals surface area contributed by atoms with Gasteiger partial charge in [0.25, 0.3) is 5.91 Å². The van der Waals surface area contributed by atoms with E-state index in [9.17, 15) is 22.4 Å². The molecule has 10 heteroatoms. The monoisotopic (exact) mass is 396 g/mol. The van der Waals surface area contributed by atoms with Crippen molar-refractivity contribution in [2.45, 2.75) is 11.8 Å². The summed E-state index contributed by atoms with van der Waals surface area (Å²) in [6, 6.07) is 9.67. The van der Waals surface area contributed by atoms with Gasteiger partial charge in [-0.15, -0.1) is 0 Å². The van der Waals surface area contributed by atoms with Crippen LogP contribution >= 0.6 is 0 Å². The van der Waals surface area contributed by atoms with Gasteiger partial charge in [-0.3, -0.25) is 4.79 Å². The molecule has 8 nitrogen and oxygen atoms in total. The summed E-state index contributed by atoms with van der Waals surface area (Å²) in [6.45, 7) is 0.356. The summed E-state index contributed by atoms with van der Waals surface area (Å²) in [7, 11) is -3.94. The maximum absolute atomic E-state index is 13.3. The number of sulfonamides is 1. The van der Waals surface area contributed by atoms with Gasteiger partial charge in [-0.25, -0.2) is 22.7 Å². The lowest BCUT2D eigenvalue weighted by Gasteiger charge is -2.10. The number of rotatable bonds is 7. The van der Waals surface area contributed by atoms with Gasteiger partial charge in [-0.05, 0) is 36.8 Å². The van der Waals surface area contributed by atoms with E-state index in [1.165, 1.54) is 42.5 Å². The Morgan fingerprint density at radius 2 is 1.85 bits per heavy atom. The number of amides is 1. The molecule has 0 saturated heterocycles. The fourth-order valence-corrected chi connectivity index (χ4v) is 2.88. The highest BCUT2D eigenvalue weighted by Gasteiger charge is 2.14. The van der Waals surface area contributed by atoms with Crippen LogP contribution in [0.4, 0.5) is 10.1 Å². The second-order valence-corrected chi connectivity index (χ2v) is 6.98. The lowest BCUT2D eigenvalue weighted by atomic mass is 10.2. The fraction of sp³-hybridized carbons (Fsp3) is 0.176. The Morgan fingerprint density at radius 3 is 2.52 bits per heavy atom. The molecule has 0 aliphatic heterocycles. The molecule has 0 atom stereocenters. The van der Waals surface area contributed by atoms with Crippen LogP contribution in [0.15, 0.2) is 47.4 Å². The molecule has 0 heterocycles. The summed E-state index contributed by atoms with van der Waals surface area (Å²) >= 11 is 0. The van der Waals surface area contributed by atoms with Crippen molar-refractivity contribution in [2.75, 3.05) is 18.5 Å². The quantitative estimate of drug-likeness (QED) is 0.681. The number of halogens is 1. The summed E-state index contributed by atoms with van der Waals surface area (Å²) in [6.07, 6.45) is 0. The molecule has 0 radical (unpaired) electrons. The third kappa shape index (κ3) is 6.04. The predicted octanol–water partition coefficient (Wildman–Crippen LogP) is 1.34. The summed E-state index contributed by atoms with van der Waals surface area (Å²) < 4.78 is 46.0. The molecule has 0 aliphatic rings. The molecule has 0 fully saturated rings. The number of ether oxygens (including phenoxy) is 2. The van der Waals surface area contributed by atoms with Gasteiger partial charge in [-0.1, -0.05) is 18.2 Å². The molecule has 2 aromatic rings. The Labute approximate surface area is 155 Å². The molecule has 144 valence electrons. The van der Waals surface area contributed by atoms with Crippen molar-refractivity contribution in [1.82, 2.24) is 0 Å². The van der Waals surface area contributed by atoms with Gasteiger partial charge in [0.1, 0.15) is 0 Å². The lowest BCUT2D eigenvalue weighted by Crippen LogP contribution is -2.24. The van der Waals surface area contributed by atoms with Crippen LogP contribution in [0.1, 0.15) is 5.56 Å². The van der Waals surface area contributed by atoms with E-state index < -0.39 is 40.9 Å². The van der Waals surface area contributed by atoms with Crippen molar-refractivity contribution < 1.29 is 31.9 Å². The number of nitrogens with two attached hydrogens (primary N) is 1. The number of nitrogens with one attached hydrogen (secondary N) is 1. The third-order valence-electron chi connectivity index (χ3n) is 3.32. The number of hydrogen-bond acceptors (Lipinski definition) is 6. The Morgan fingerprint density at radius 1 is 1.15 bits per heavy atom. The number of anilines is 1. The van der Waals surface area contributed by atoms with E-state index in [0.717, 1.165) is 0 Å². The second-order valence-electron chi connectivity index (χ2n) is 5.45. The van der Waals surface area contributed by atoms with Crippen LogP contribution in [0.3, 0.4) is 0 Å². The van der Waals surface area contributed by atoms with Gasteiger partial charge in [0.2, 0.25) is 10.0 Å². The standard InChI is InChI=1S/C17H17FN2O6S/c1-11-6-7-12(8-15(11)27(19,23)24)20-16(21)9-26-17(22)10-25-14-5-3-2-4-13(14)18/h2-8H,9-10H2,1H3,(H,20,21)(H2,19,23,24). The minimum absolute atomic E-state index is 0.117.